The fourth-order valence-electron chi connectivity index (χ4n) is 4.62. The molecule has 204 valence electrons. The van der Waals surface area contributed by atoms with Crippen molar-refractivity contribution in [2.45, 2.75) is 25.3 Å². The number of hydrogen-bond donors (Lipinski definition) is 1. The number of hydrogen-bond acceptors (Lipinski definition) is 7. The molecular weight excluding hydrogens is 521 g/mol. The molecule has 1 N–H and O–H groups in total. The molecule has 0 radical (unpaired) electrons. The molecule has 2 heterocycles. The SMILES string of the molecule is COc1ccccc1N1CCN(C(=O)Cc2csc(NC(=O)CN(C(=O)c3ccc(F)cc3)C3CC3)n2)CC1. The first-order valence-electron chi connectivity index (χ1n) is 12.9. The predicted molar refractivity (Wildman–Crippen MR) is 147 cm³/mol. The van der Waals surface area contributed by atoms with Crippen molar-refractivity contribution in [2.75, 3.05) is 50.1 Å². The Balaban J connectivity index is 1.12. The van der Waals surface area contributed by atoms with Gasteiger partial charge < -0.3 is 24.8 Å². The van der Waals surface area contributed by atoms with Crippen molar-refractivity contribution in [1.29, 1.82) is 0 Å². The fourth-order valence-corrected chi connectivity index (χ4v) is 5.35. The zero-order chi connectivity index (χ0) is 27.4. The smallest absolute Gasteiger partial charge is 0.254 e. The number of carbonyl (C=O) groups is 3. The van der Waals surface area contributed by atoms with Crippen LogP contribution in [0, 0.1) is 5.82 Å². The zero-order valence-corrected chi connectivity index (χ0v) is 22.5. The average molecular weight is 552 g/mol. The number of thiazole rings is 1. The first kappa shape index (κ1) is 26.6. The van der Waals surface area contributed by atoms with Crippen molar-refractivity contribution in [3.05, 3.63) is 71.0 Å². The Morgan fingerprint density at radius 3 is 2.49 bits per heavy atom. The minimum absolute atomic E-state index is 0.00113. The van der Waals surface area contributed by atoms with Crippen LogP contribution in [-0.4, -0.2) is 78.4 Å². The van der Waals surface area contributed by atoms with Gasteiger partial charge in [0.05, 0.1) is 24.9 Å². The average Bonchev–Trinajstić information content (AvgIpc) is 3.71. The molecule has 2 aliphatic rings. The second-order valence-corrected chi connectivity index (χ2v) is 10.4. The highest BCUT2D eigenvalue weighted by Gasteiger charge is 2.34. The van der Waals surface area contributed by atoms with Crippen LogP contribution >= 0.6 is 11.3 Å². The minimum atomic E-state index is -0.421. The monoisotopic (exact) mass is 551 g/mol. The normalized spacial score (nSPS) is 15.1. The van der Waals surface area contributed by atoms with E-state index in [0.717, 1.165) is 24.3 Å². The molecule has 0 unspecified atom stereocenters. The van der Waals surface area contributed by atoms with Crippen molar-refractivity contribution in [1.82, 2.24) is 14.8 Å². The highest BCUT2D eigenvalue weighted by atomic mass is 32.1. The number of amides is 3. The van der Waals surface area contributed by atoms with E-state index in [4.69, 9.17) is 4.74 Å². The summed E-state index contributed by atoms with van der Waals surface area (Å²) in [6.07, 6.45) is 1.81. The lowest BCUT2D eigenvalue weighted by molar-refractivity contribution is -0.130. The Bertz CT molecular complexity index is 1340. The van der Waals surface area contributed by atoms with Gasteiger partial charge in [0.1, 0.15) is 18.1 Å². The van der Waals surface area contributed by atoms with E-state index < -0.39 is 5.82 Å². The zero-order valence-electron chi connectivity index (χ0n) is 21.6. The summed E-state index contributed by atoms with van der Waals surface area (Å²) in [6, 6.07) is 13.2. The molecule has 0 spiro atoms. The summed E-state index contributed by atoms with van der Waals surface area (Å²) in [4.78, 5) is 48.5. The van der Waals surface area contributed by atoms with Gasteiger partial charge in [-0.25, -0.2) is 9.37 Å². The van der Waals surface area contributed by atoms with Crippen molar-refractivity contribution in [2.24, 2.45) is 0 Å². The van der Waals surface area contributed by atoms with Crippen LogP contribution in [0.15, 0.2) is 53.9 Å². The lowest BCUT2D eigenvalue weighted by atomic mass is 10.2. The molecule has 1 saturated heterocycles. The molecule has 5 rings (SSSR count). The Labute approximate surface area is 230 Å². The van der Waals surface area contributed by atoms with Gasteiger partial charge in [0.2, 0.25) is 11.8 Å². The molecule has 0 bridgehead atoms. The second kappa shape index (κ2) is 11.8. The maximum absolute atomic E-state index is 13.2. The number of halogens is 1. The Hall–Kier alpha value is -3.99. The maximum Gasteiger partial charge on any atom is 0.254 e. The van der Waals surface area contributed by atoms with E-state index in [9.17, 15) is 18.8 Å². The van der Waals surface area contributed by atoms with E-state index in [1.807, 2.05) is 29.2 Å². The number of para-hydroxylation sites is 2. The molecular formula is C28H30FN5O4S. The quantitative estimate of drug-likeness (QED) is 0.438. The van der Waals surface area contributed by atoms with Gasteiger partial charge in [-0.1, -0.05) is 12.1 Å². The molecule has 0 atom stereocenters. The summed E-state index contributed by atoms with van der Waals surface area (Å²) in [5.74, 6) is -0.284. The van der Waals surface area contributed by atoms with Crippen molar-refractivity contribution >= 4 is 39.9 Å². The molecule has 9 nitrogen and oxygen atoms in total. The minimum Gasteiger partial charge on any atom is -0.495 e. The summed E-state index contributed by atoms with van der Waals surface area (Å²) in [7, 11) is 1.65. The number of nitrogens with zero attached hydrogens (tertiary/aromatic N) is 4. The lowest BCUT2D eigenvalue weighted by Gasteiger charge is -2.36. The van der Waals surface area contributed by atoms with Crippen molar-refractivity contribution in [3.8, 4) is 5.75 Å². The van der Waals surface area contributed by atoms with E-state index in [0.29, 0.717) is 42.6 Å². The summed E-state index contributed by atoms with van der Waals surface area (Å²) < 4.78 is 18.7. The fraction of sp³-hybridized carbons (Fsp3) is 0.357. The van der Waals surface area contributed by atoms with Crippen molar-refractivity contribution < 1.29 is 23.5 Å². The van der Waals surface area contributed by atoms with E-state index in [-0.39, 0.29) is 36.7 Å². The summed E-state index contributed by atoms with van der Waals surface area (Å²) >= 11 is 1.24. The second-order valence-electron chi connectivity index (χ2n) is 9.58. The van der Waals surface area contributed by atoms with E-state index in [1.54, 1.807) is 12.5 Å². The predicted octanol–water partition coefficient (Wildman–Crippen LogP) is 3.43. The lowest BCUT2D eigenvalue weighted by Crippen LogP contribution is -2.49. The van der Waals surface area contributed by atoms with Gasteiger partial charge in [0.15, 0.2) is 5.13 Å². The standard InChI is InChI=1S/C28H30FN5O4S/c1-38-24-5-3-2-4-23(24)32-12-14-33(15-13-32)26(36)16-21-18-39-28(30-21)31-25(35)17-34(22-10-11-22)27(37)19-6-8-20(29)9-7-19/h2-9,18,22H,10-17H2,1H3,(H,30,31,35). The van der Waals surface area contributed by atoms with Gasteiger partial charge in [-0.3, -0.25) is 14.4 Å². The molecule has 1 aliphatic carbocycles. The van der Waals surface area contributed by atoms with E-state index >= 15 is 0 Å². The third-order valence-electron chi connectivity index (χ3n) is 6.84. The molecule has 2 aromatic carbocycles. The number of rotatable bonds is 9. The van der Waals surface area contributed by atoms with Gasteiger partial charge in [-0.05, 0) is 49.2 Å². The Morgan fingerprint density at radius 2 is 1.79 bits per heavy atom. The van der Waals surface area contributed by atoms with Crippen LogP contribution < -0.4 is 15.0 Å². The van der Waals surface area contributed by atoms with Gasteiger partial charge in [0.25, 0.3) is 5.91 Å². The first-order valence-corrected chi connectivity index (χ1v) is 13.8. The molecule has 1 aliphatic heterocycles. The van der Waals surface area contributed by atoms with Crippen molar-refractivity contribution in [3.63, 3.8) is 0 Å². The van der Waals surface area contributed by atoms with Gasteiger partial charge in [-0.15, -0.1) is 11.3 Å². The van der Waals surface area contributed by atoms with Crippen LogP contribution in [0.2, 0.25) is 0 Å². The largest absolute Gasteiger partial charge is 0.495 e. The van der Waals surface area contributed by atoms with E-state index in [1.165, 1.54) is 40.5 Å². The Kier molecular flexibility index (Phi) is 8.06. The number of benzene rings is 2. The molecule has 1 aromatic heterocycles. The number of anilines is 2. The molecule has 3 aromatic rings. The first-order chi connectivity index (χ1) is 18.9. The van der Waals surface area contributed by atoms with Crippen LogP contribution in [0.5, 0.6) is 5.75 Å². The molecule has 11 heteroatoms. The number of nitrogens with one attached hydrogen (secondary N) is 1. The maximum atomic E-state index is 13.2. The van der Waals surface area contributed by atoms with Gasteiger partial charge >= 0.3 is 0 Å². The highest BCUT2D eigenvalue weighted by Crippen LogP contribution is 2.29. The van der Waals surface area contributed by atoms with Crippen LogP contribution in [-0.2, 0) is 16.0 Å². The topological polar surface area (TPSA) is 95.1 Å². The summed E-state index contributed by atoms with van der Waals surface area (Å²) in [6.45, 7) is 2.50. The molecule has 2 fully saturated rings. The summed E-state index contributed by atoms with van der Waals surface area (Å²) in [5, 5.41) is 4.90. The Morgan fingerprint density at radius 1 is 1.08 bits per heavy atom. The third-order valence-corrected chi connectivity index (χ3v) is 7.65. The van der Waals surface area contributed by atoms with Crippen LogP contribution in [0.1, 0.15) is 28.9 Å². The number of methoxy groups -OCH3 is 1. The third kappa shape index (κ3) is 6.54. The van der Waals surface area contributed by atoms with E-state index in [2.05, 4.69) is 15.2 Å². The molecule has 3 amide bonds. The number of ether oxygens (including phenoxy) is 1. The van der Waals surface area contributed by atoms with Gasteiger partial charge in [0, 0.05) is 43.2 Å². The van der Waals surface area contributed by atoms with Gasteiger partial charge in [-0.2, -0.15) is 0 Å². The van der Waals surface area contributed by atoms with Crippen LogP contribution in [0.25, 0.3) is 0 Å². The highest BCUT2D eigenvalue weighted by molar-refractivity contribution is 7.13. The van der Waals surface area contributed by atoms with Crippen LogP contribution in [0.3, 0.4) is 0 Å². The number of aromatic nitrogens is 1. The number of piperazine rings is 1. The molecule has 1 saturated carbocycles. The van der Waals surface area contributed by atoms with Crippen LogP contribution in [0.4, 0.5) is 15.2 Å². The summed E-state index contributed by atoms with van der Waals surface area (Å²) in [5.41, 5.74) is 1.95. The number of carbonyl (C=O) groups excluding carboxylic acids is 3. The molecule has 39 heavy (non-hydrogen) atoms.